The van der Waals surface area contributed by atoms with Gasteiger partial charge in [0.2, 0.25) is 0 Å². The van der Waals surface area contributed by atoms with Gasteiger partial charge in [-0.1, -0.05) is 31.2 Å². The van der Waals surface area contributed by atoms with Crippen molar-refractivity contribution in [3.05, 3.63) is 59.7 Å². The lowest BCUT2D eigenvalue weighted by atomic mass is 10.1. The molecule has 1 amide bonds. The molecule has 0 radical (unpaired) electrons. The van der Waals surface area contributed by atoms with Crippen molar-refractivity contribution in [2.24, 2.45) is 0 Å². The number of esters is 1. The van der Waals surface area contributed by atoms with E-state index < -0.39 is 18.0 Å². The molecule has 0 aliphatic heterocycles. The number of nitriles is 1. The number of hydrogen-bond donors (Lipinski definition) is 1. The van der Waals surface area contributed by atoms with Gasteiger partial charge in [-0.2, -0.15) is 5.26 Å². The molecule has 134 valence electrons. The molecule has 0 heterocycles. The topological polar surface area (TPSA) is 88.4 Å². The van der Waals surface area contributed by atoms with E-state index in [1.165, 1.54) is 13.0 Å². The molecule has 2 aromatic carbocycles. The maximum absolute atomic E-state index is 12.1. The van der Waals surface area contributed by atoms with Gasteiger partial charge in [-0.15, -0.1) is 0 Å². The van der Waals surface area contributed by atoms with Crippen LogP contribution in [0.3, 0.4) is 0 Å². The fraction of sp³-hybridized carbons (Fsp3) is 0.250. The molecule has 1 unspecified atom stereocenters. The molecule has 0 spiro atoms. The minimum atomic E-state index is -0.988. The van der Waals surface area contributed by atoms with Crippen LogP contribution in [0.5, 0.6) is 5.75 Å². The van der Waals surface area contributed by atoms with Crippen LogP contribution in [0.1, 0.15) is 25.0 Å². The SMILES string of the molecule is CCc1ccccc1OCC(=O)OC(C)C(=O)Nc1cccc(C#N)c1. The second kappa shape index (κ2) is 9.23. The zero-order valence-corrected chi connectivity index (χ0v) is 14.7. The molecule has 0 aromatic heterocycles. The smallest absolute Gasteiger partial charge is 0.344 e. The average Bonchev–Trinajstić information content (AvgIpc) is 2.66. The van der Waals surface area contributed by atoms with Crippen molar-refractivity contribution in [2.75, 3.05) is 11.9 Å². The molecule has 1 atom stereocenters. The van der Waals surface area contributed by atoms with E-state index in [9.17, 15) is 9.59 Å². The summed E-state index contributed by atoms with van der Waals surface area (Å²) in [6.45, 7) is 3.19. The van der Waals surface area contributed by atoms with Crippen molar-refractivity contribution in [1.82, 2.24) is 0 Å². The number of aryl methyl sites for hydroxylation is 1. The average molecular weight is 352 g/mol. The summed E-state index contributed by atoms with van der Waals surface area (Å²) in [6.07, 6.45) is -0.204. The van der Waals surface area contributed by atoms with E-state index in [0.717, 1.165) is 12.0 Å². The van der Waals surface area contributed by atoms with Gasteiger partial charge in [0.25, 0.3) is 5.91 Å². The van der Waals surface area contributed by atoms with Crippen LogP contribution in [0.15, 0.2) is 48.5 Å². The number of nitrogens with zero attached hydrogens (tertiary/aromatic N) is 1. The summed E-state index contributed by atoms with van der Waals surface area (Å²) in [6, 6.07) is 15.9. The number of para-hydroxylation sites is 1. The normalized spacial score (nSPS) is 11.1. The van der Waals surface area contributed by atoms with E-state index in [4.69, 9.17) is 14.7 Å². The summed E-state index contributed by atoms with van der Waals surface area (Å²) in [5.74, 6) is -0.496. The number of hydrogen-bond acceptors (Lipinski definition) is 5. The Kier molecular flexibility index (Phi) is 6.75. The third-order valence-electron chi connectivity index (χ3n) is 3.64. The minimum absolute atomic E-state index is 0.279. The summed E-state index contributed by atoms with van der Waals surface area (Å²) >= 11 is 0. The van der Waals surface area contributed by atoms with Crippen LogP contribution in [-0.4, -0.2) is 24.6 Å². The van der Waals surface area contributed by atoms with E-state index in [0.29, 0.717) is 17.0 Å². The van der Waals surface area contributed by atoms with Crippen molar-refractivity contribution in [2.45, 2.75) is 26.4 Å². The van der Waals surface area contributed by atoms with E-state index in [1.54, 1.807) is 24.3 Å². The summed E-state index contributed by atoms with van der Waals surface area (Å²) in [5.41, 5.74) is 1.88. The zero-order valence-electron chi connectivity index (χ0n) is 14.7. The fourth-order valence-electron chi connectivity index (χ4n) is 2.27. The van der Waals surface area contributed by atoms with Crippen molar-refractivity contribution in [3.63, 3.8) is 0 Å². The number of carbonyl (C=O) groups excluding carboxylic acids is 2. The second-order valence-corrected chi connectivity index (χ2v) is 5.56. The lowest BCUT2D eigenvalue weighted by Crippen LogP contribution is -2.31. The number of anilines is 1. The molecule has 6 heteroatoms. The van der Waals surface area contributed by atoms with Crippen LogP contribution >= 0.6 is 0 Å². The summed E-state index contributed by atoms with van der Waals surface area (Å²) in [4.78, 5) is 24.0. The molecule has 0 saturated heterocycles. The Morgan fingerprint density at radius 1 is 1.19 bits per heavy atom. The first-order valence-electron chi connectivity index (χ1n) is 8.24. The summed E-state index contributed by atoms with van der Waals surface area (Å²) in [7, 11) is 0. The van der Waals surface area contributed by atoms with Crippen LogP contribution in [0.2, 0.25) is 0 Å². The third-order valence-corrected chi connectivity index (χ3v) is 3.64. The quantitative estimate of drug-likeness (QED) is 0.774. The van der Waals surface area contributed by atoms with Crippen molar-refractivity contribution < 1.29 is 19.1 Å². The van der Waals surface area contributed by atoms with Crippen LogP contribution < -0.4 is 10.1 Å². The molecule has 2 aromatic rings. The number of nitrogens with one attached hydrogen (secondary N) is 1. The first-order chi connectivity index (χ1) is 12.5. The van der Waals surface area contributed by atoms with E-state index in [-0.39, 0.29) is 6.61 Å². The lowest BCUT2D eigenvalue weighted by Gasteiger charge is -2.14. The number of ether oxygens (including phenoxy) is 2. The predicted molar refractivity (Wildman–Crippen MR) is 96.7 cm³/mol. The summed E-state index contributed by atoms with van der Waals surface area (Å²) < 4.78 is 10.6. The highest BCUT2D eigenvalue weighted by Gasteiger charge is 2.18. The first-order valence-corrected chi connectivity index (χ1v) is 8.24. The lowest BCUT2D eigenvalue weighted by molar-refractivity contribution is -0.155. The molecule has 0 aliphatic carbocycles. The molecule has 0 fully saturated rings. The standard InChI is InChI=1S/C20H20N2O4/c1-3-16-8-4-5-10-18(16)25-13-19(23)26-14(2)20(24)22-17-9-6-7-15(11-17)12-21/h4-11,14H,3,13H2,1-2H3,(H,22,24). The first kappa shape index (κ1) is 19.0. The highest BCUT2D eigenvalue weighted by molar-refractivity contribution is 5.95. The van der Waals surface area contributed by atoms with Crippen molar-refractivity contribution in [1.29, 1.82) is 5.26 Å². The maximum Gasteiger partial charge on any atom is 0.344 e. The van der Waals surface area contributed by atoms with Gasteiger partial charge in [0, 0.05) is 5.69 Å². The van der Waals surface area contributed by atoms with E-state index in [2.05, 4.69) is 5.32 Å². The molecular weight excluding hydrogens is 332 g/mol. The molecule has 0 aliphatic rings. The van der Waals surface area contributed by atoms with E-state index in [1.807, 2.05) is 31.2 Å². The maximum atomic E-state index is 12.1. The fourth-order valence-corrected chi connectivity index (χ4v) is 2.27. The Labute approximate surface area is 152 Å². The second-order valence-electron chi connectivity index (χ2n) is 5.56. The Morgan fingerprint density at radius 2 is 1.96 bits per heavy atom. The van der Waals surface area contributed by atoms with Gasteiger partial charge in [-0.05, 0) is 43.2 Å². The third kappa shape index (κ3) is 5.35. The largest absolute Gasteiger partial charge is 0.482 e. The monoisotopic (exact) mass is 352 g/mol. The molecule has 0 bridgehead atoms. The Morgan fingerprint density at radius 3 is 2.69 bits per heavy atom. The van der Waals surface area contributed by atoms with Crippen molar-refractivity contribution in [3.8, 4) is 11.8 Å². The molecule has 0 saturated carbocycles. The van der Waals surface area contributed by atoms with Gasteiger partial charge < -0.3 is 14.8 Å². The molecular formula is C20H20N2O4. The molecule has 26 heavy (non-hydrogen) atoms. The number of benzene rings is 2. The highest BCUT2D eigenvalue weighted by atomic mass is 16.6. The van der Waals surface area contributed by atoms with Gasteiger partial charge in [-0.25, -0.2) is 4.79 Å². The predicted octanol–water partition coefficient (Wildman–Crippen LogP) is 3.07. The molecule has 1 N–H and O–H groups in total. The van der Waals surface area contributed by atoms with Gasteiger partial charge in [0.05, 0.1) is 11.6 Å². The highest BCUT2D eigenvalue weighted by Crippen LogP contribution is 2.18. The summed E-state index contributed by atoms with van der Waals surface area (Å²) in [5, 5.41) is 11.5. The Balaban J connectivity index is 1.86. The van der Waals surface area contributed by atoms with E-state index >= 15 is 0 Å². The zero-order chi connectivity index (χ0) is 18.9. The van der Waals surface area contributed by atoms with Crippen LogP contribution in [0.25, 0.3) is 0 Å². The van der Waals surface area contributed by atoms with Crippen LogP contribution in [-0.2, 0) is 20.7 Å². The molecule has 2 rings (SSSR count). The number of carbonyl (C=O) groups is 2. The van der Waals surface area contributed by atoms with Gasteiger partial charge in [-0.3, -0.25) is 4.79 Å². The van der Waals surface area contributed by atoms with Gasteiger partial charge in [0.1, 0.15) is 5.75 Å². The minimum Gasteiger partial charge on any atom is -0.482 e. The van der Waals surface area contributed by atoms with Crippen molar-refractivity contribution >= 4 is 17.6 Å². The van der Waals surface area contributed by atoms with Gasteiger partial charge >= 0.3 is 5.97 Å². The number of amides is 1. The van der Waals surface area contributed by atoms with Crippen LogP contribution in [0, 0.1) is 11.3 Å². The number of rotatable bonds is 7. The Bertz CT molecular complexity index is 827. The molecule has 6 nitrogen and oxygen atoms in total. The Hall–Kier alpha value is -3.33. The van der Waals surface area contributed by atoms with Gasteiger partial charge in [0.15, 0.2) is 12.7 Å². The van der Waals surface area contributed by atoms with Crippen LogP contribution in [0.4, 0.5) is 5.69 Å².